The maximum atomic E-state index is 11.6. The van der Waals surface area contributed by atoms with Crippen LogP contribution in [0.3, 0.4) is 0 Å². The molecule has 39 heavy (non-hydrogen) atoms. The Morgan fingerprint density at radius 1 is 0.359 bits per heavy atom. The molecule has 0 bridgehead atoms. The van der Waals surface area contributed by atoms with Gasteiger partial charge in [0.1, 0.15) is 0 Å². The summed E-state index contributed by atoms with van der Waals surface area (Å²) in [5, 5.41) is 0. The molecule has 198 valence electrons. The van der Waals surface area contributed by atoms with Gasteiger partial charge in [-0.15, -0.1) is 0 Å². The lowest BCUT2D eigenvalue weighted by molar-refractivity contribution is 0.100. The number of hydrogen-bond donors (Lipinski definition) is 0. The molecular formula is C36H36O3. The fourth-order valence-electron chi connectivity index (χ4n) is 4.86. The molecule has 0 aliphatic carbocycles. The SMILES string of the molecule is CC(=O)c1ccc(CCc2cc(CCc3ccc(C(C)=O)cc3)cc(CCc3ccc(C(C)=O)cc3)c2)cc1. The fraction of sp³-hybridized carbons (Fsp3) is 0.250. The molecule has 0 spiro atoms. The van der Waals surface area contributed by atoms with E-state index in [-0.39, 0.29) is 17.3 Å². The highest BCUT2D eigenvalue weighted by molar-refractivity contribution is 5.94. The summed E-state index contributed by atoms with van der Waals surface area (Å²) in [6, 6.07) is 30.7. The van der Waals surface area contributed by atoms with Crippen molar-refractivity contribution in [2.24, 2.45) is 0 Å². The fourth-order valence-corrected chi connectivity index (χ4v) is 4.86. The minimum atomic E-state index is 0.0887. The predicted octanol–water partition coefficient (Wildman–Crippen LogP) is 7.65. The first-order chi connectivity index (χ1) is 18.8. The van der Waals surface area contributed by atoms with Gasteiger partial charge in [0.15, 0.2) is 17.3 Å². The summed E-state index contributed by atoms with van der Waals surface area (Å²) in [4.78, 5) is 34.8. The zero-order valence-electron chi connectivity index (χ0n) is 23.1. The maximum Gasteiger partial charge on any atom is 0.159 e. The highest BCUT2D eigenvalue weighted by atomic mass is 16.1. The highest BCUT2D eigenvalue weighted by Crippen LogP contribution is 2.19. The quantitative estimate of drug-likeness (QED) is 0.182. The first-order valence-electron chi connectivity index (χ1n) is 13.7. The van der Waals surface area contributed by atoms with Crippen LogP contribution in [0.1, 0.15) is 85.2 Å². The number of hydrogen-bond acceptors (Lipinski definition) is 3. The van der Waals surface area contributed by atoms with Gasteiger partial charge in [-0.05, 0) is 92.7 Å². The second kappa shape index (κ2) is 13.1. The van der Waals surface area contributed by atoms with Gasteiger partial charge < -0.3 is 0 Å². The molecule has 0 saturated heterocycles. The smallest absolute Gasteiger partial charge is 0.159 e. The summed E-state index contributed by atoms with van der Waals surface area (Å²) in [6.45, 7) is 4.78. The molecule has 0 aromatic heterocycles. The number of benzene rings is 4. The van der Waals surface area contributed by atoms with E-state index in [1.807, 2.05) is 36.4 Å². The molecule has 3 heteroatoms. The van der Waals surface area contributed by atoms with Crippen LogP contribution in [0.15, 0.2) is 91.0 Å². The second-order valence-corrected chi connectivity index (χ2v) is 10.4. The van der Waals surface area contributed by atoms with Gasteiger partial charge in [0.2, 0.25) is 0 Å². The van der Waals surface area contributed by atoms with Crippen molar-refractivity contribution in [3.63, 3.8) is 0 Å². The standard InChI is InChI=1S/C36H36O3/c1-25(37)34-16-10-28(11-17-34)4-7-31-22-32(8-5-29-12-18-35(19-13-29)26(2)38)24-33(23-31)9-6-30-14-20-36(21-15-30)27(3)39/h10-24H,4-9H2,1-3H3. The van der Waals surface area contributed by atoms with E-state index in [9.17, 15) is 14.4 Å². The average molecular weight is 517 g/mol. The van der Waals surface area contributed by atoms with Crippen LogP contribution < -0.4 is 0 Å². The molecule has 0 radical (unpaired) electrons. The number of carbonyl (C=O) groups is 3. The van der Waals surface area contributed by atoms with Crippen molar-refractivity contribution in [3.8, 4) is 0 Å². The molecule has 0 fully saturated rings. The van der Waals surface area contributed by atoms with E-state index in [1.54, 1.807) is 20.8 Å². The molecule has 0 aliphatic rings. The van der Waals surface area contributed by atoms with Crippen molar-refractivity contribution in [3.05, 3.63) is 141 Å². The number of rotatable bonds is 12. The van der Waals surface area contributed by atoms with E-state index in [2.05, 4.69) is 54.6 Å². The first-order valence-corrected chi connectivity index (χ1v) is 13.7. The third kappa shape index (κ3) is 8.19. The van der Waals surface area contributed by atoms with E-state index in [0.717, 1.165) is 55.2 Å². The summed E-state index contributed by atoms with van der Waals surface area (Å²) in [5.41, 5.74) is 9.86. The largest absolute Gasteiger partial charge is 0.295 e. The van der Waals surface area contributed by atoms with Gasteiger partial charge >= 0.3 is 0 Å². The summed E-state index contributed by atoms with van der Waals surface area (Å²) in [5.74, 6) is 0.266. The van der Waals surface area contributed by atoms with Gasteiger partial charge in [0.25, 0.3) is 0 Å². The molecule has 0 saturated carbocycles. The van der Waals surface area contributed by atoms with Gasteiger partial charge in [0.05, 0.1) is 0 Å². The lowest BCUT2D eigenvalue weighted by Crippen LogP contribution is -2.01. The number of ketones is 3. The van der Waals surface area contributed by atoms with E-state index in [1.165, 1.54) is 33.4 Å². The number of aryl methyl sites for hydroxylation is 6. The third-order valence-electron chi connectivity index (χ3n) is 7.30. The minimum absolute atomic E-state index is 0.0887. The molecule has 0 amide bonds. The molecule has 4 rings (SSSR count). The summed E-state index contributed by atoms with van der Waals surface area (Å²) in [7, 11) is 0. The second-order valence-electron chi connectivity index (χ2n) is 10.4. The van der Waals surface area contributed by atoms with Crippen molar-refractivity contribution in [1.29, 1.82) is 0 Å². The van der Waals surface area contributed by atoms with Crippen LogP contribution in [0.25, 0.3) is 0 Å². The maximum absolute atomic E-state index is 11.6. The van der Waals surface area contributed by atoms with Gasteiger partial charge in [-0.3, -0.25) is 14.4 Å². The van der Waals surface area contributed by atoms with Crippen molar-refractivity contribution in [1.82, 2.24) is 0 Å². The molecule has 0 N–H and O–H groups in total. The summed E-state index contributed by atoms with van der Waals surface area (Å²) < 4.78 is 0. The lowest BCUT2D eigenvalue weighted by Gasteiger charge is -2.12. The monoisotopic (exact) mass is 516 g/mol. The third-order valence-corrected chi connectivity index (χ3v) is 7.30. The Balaban J connectivity index is 1.48. The Morgan fingerprint density at radius 2 is 0.564 bits per heavy atom. The van der Waals surface area contributed by atoms with Gasteiger partial charge in [-0.25, -0.2) is 0 Å². The number of Topliss-reactive ketones (excluding diaryl/α,β-unsaturated/α-hetero) is 3. The van der Waals surface area contributed by atoms with E-state index < -0.39 is 0 Å². The van der Waals surface area contributed by atoms with E-state index in [4.69, 9.17) is 0 Å². The predicted molar refractivity (Wildman–Crippen MR) is 158 cm³/mol. The van der Waals surface area contributed by atoms with Crippen LogP contribution in [-0.2, 0) is 38.5 Å². The van der Waals surface area contributed by atoms with Crippen LogP contribution in [-0.4, -0.2) is 17.3 Å². The zero-order chi connectivity index (χ0) is 27.8. The molecular weight excluding hydrogens is 480 g/mol. The Hall–Kier alpha value is -4.11. The average Bonchev–Trinajstić information content (AvgIpc) is 2.94. The summed E-state index contributed by atoms with van der Waals surface area (Å²) in [6.07, 6.45) is 5.54. The van der Waals surface area contributed by atoms with E-state index in [0.29, 0.717) is 0 Å². The van der Waals surface area contributed by atoms with Crippen molar-refractivity contribution >= 4 is 17.3 Å². The molecule has 0 aliphatic heterocycles. The number of carbonyl (C=O) groups excluding carboxylic acids is 3. The topological polar surface area (TPSA) is 51.2 Å². The molecule has 0 unspecified atom stereocenters. The van der Waals surface area contributed by atoms with Crippen molar-refractivity contribution in [2.75, 3.05) is 0 Å². The van der Waals surface area contributed by atoms with Crippen LogP contribution in [0.5, 0.6) is 0 Å². The normalized spacial score (nSPS) is 10.8. The minimum Gasteiger partial charge on any atom is -0.295 e. The first kappa shape index (κ1) is 27.9. The molecule has 3 nitrogen and oxygen atoms in total. The summed E-state index contributed by atoms with van der Waals surface area (Å²) >= 11 is 0. The Morgan fingerprint density at radius 3 is 0.769 bits per heavy atom. The Kier molecular flexibility index (Phi) is 9.38. The van der Waals surface area contributed by atoms with Crippen molar-refractivity contribution in [2.45, 2.75) is 59.3 Å². The van der Waals surface area contributed by atoms with Gasteiger partial charge in [-0.1, -0.05) is 91.0 Å². The Labute approximate surface area is 231 Å². The van der Waals surface area contributed by atoms with Crippen LogP contribution in [0, 0.1) is 0 Å². The molecule has 4 aromatic carbocycles. The van der Waals surface area contributed by atoms with Crippen molar-refractivity contribution < 1.29 is 14.4 Å². The molecule has 0 heterocycles. The molecule has 4 aromatic rings. The molecule has 0 atom stereocenters. The van der Waals surface area contributed by atoms with E-state index >= 15 is 0 Å². The van der Waals surface area contributed by atoms with Gasteiger partial charge in [-0.2, -0.15) is 0 Å². The lowest BCUT2D eigenvalue weighted by atomic mass is 9.94. The zero-order valence-corrected chi connectivity index (χ0v) is 23.1. The highest BCUT2D eigenvalue weighted by Gasteiger charge is 2.07. The Bertz CT molecular complexity index is 1250. The van der Waals surface area contributed by atoms with Crippen LogP contribution in [0.4, 0.5) is 0 Å². The van der Waals surface area contributed by atoms with Gasteiger partial charge in [0, 0.05) is 16.7 Å². The van der Waals surface area contributed by atoms with Crippen LogP contribution >= 0.6 is 0 Å². The van der Waals surface area contributed by atoms with Crippen LogP contribution in [0.2, 0.25) is 0 Å².